The molecule has 0 heterocycles. The van der Waals surface area contributed by atoms with Crippen LogP contribution in [0.4, 0.5) is 0 Å². The highest BCUT2D eigenvalue weighted by Gasteiger charge is 2.09. The van der Waals surface area contributed by atoms with Crippen LogP contribution in [0.1, 0.15) is 32.4 Å². The van der Waals surface area contributed by atoms with Crippen molar-refractivity contribution in [1.29, 1.82) is 0 Å². The van der Waals surface area contributed by atoms with Gasteiger partial charge in [-0.15, -0.1) is 0 Å². The molecule has 0 aromatic heterocycles. The summed E-state index contributed by atoms with van der Waals surface area (Å²) < 4.78 is 0. The Hall–Kier alpha value is -0.790. The van der Waals surface area contributed by atoms with E-state index < -0.39 is 0 Å². The van der Waals surface area contributed by atoms with Gasteiger partial charge in [0.25, 0.3) is 0 Å². The molecule has 0 aliphatic carbocycles. The molecule has 1 N–H and O–H groups in total. The van der Waals surface area contributed by atoms with Gasteiger partial charge in [-0.1, -0.05) is 48.4 Å². The zero-order valence-electron chi connectivity index (χ0n) is 9.55. The Morgan fingerprint density at radius 3 is 2.60 bits per heavy atom. The van der Waals surface area contributed by atoms with Crippen molar-refractivity contribution in [2.75, 3.05) is 6.54 Å². The summed E-state index contributed by atoms with van der Waals surface area (Å²) in [5, 5.41) is 4.23. The van der Waals surface area contributed by atoms with Crippen molar-refractivity contribution in [1.82, 2.24) is 5.32 Å². The molecule has 0 spiro atoms. The summed E-state index contributed by atoms with van der Waals surface area (Å²) in [6.07, 6.45) is 2.20. The van der Waals surface area contributed by atoms with E-state index in [4.69, 9.17) is 11.6 Å². The second kappa shape index (κ2) is 5.94. The molecule has 1 rings (SSSR count). The molecule has 0 saturated carbocycles. The second-order valence-corrected chi connectivity index (χ2v) is 4.21. The first-order valence-electron chi connectivity index (χ1n) is 5.28. The highest BCUT2D eigenvalue weighted by Crippen LogP contribution is 2.24. The fourth-order valence-corrected chi connectivity index (χ4v) is 1.79. The summed E-state index contributed by atoms with van der Waals surface area (Å²) in [7, 11) is 0. The topological polar surface area (TPSA) is 12.0 Å². The Balaban J connectivity index is 2.99. The number of hydrogen-bond donors (Lipinski definition) is 1. The summed E-state index contributed by atoms with van der Waals surface area (Å²) in [4.78, 5) is 0. The van der Waals surface area contributed by atoms with E-state index in [1.165, 1.54) is 5.57 Å². The molecular weight excluding hydrogens is 206 g/mol. The van der Waals surface area contributed by atoms with E-state index in [2.05, 4.69) is 38.2 Å². The van der Waals surface area contributed by atoms with E-state index >= 15 is 0 Å². The minimum Gasteiger partial charge on any atom is -0.307 e. The van der Waals surface area contributed by atoms with Crippen LogP contribution >= 0.6 is 11.6 Å². The van der Waals surface area contributed by atoms with Gasteiger partial charge in [-0.25, -0.2) is 0 Å². The highest BCUT2D eigenvalue weighted by atomic mass is 35.5. The molecule has 0 aliphatic rings. The average Bonchev–Trinajstić information content (AvgIpc) is 2.17. The maximum atomic E-state index is 6.17. The lowest BCUT2D eigenvalue weighted by atomic mass is 10.0. The molecule has 1 atom stereocenters. The van der Waals surface area contributed by atoms with Crippen LogP contribution in [-0.2, 0) is 0 Å². The molecule has 2 heteroatoms. The Morgan fingerprint density at radius 2 is 2.07 bits per heavy atom. The van der Waals surface area contributed by atoms with Crippen LogP contribution in [0.3, 0.4) is 0 Å². The molecule has 0 fully saturated rings. The summed E-state index contributed by atoms with van der Waals surface area (Å²) in [6, 6.07) is 8.19. The van der Waals surface area contributed by atoms with Crippen molar-refractivity contribution in [2.45, 2.75) is 26.8 Å². The van der Waals surface area contributed by atoms with Gasteiger partial charge in [0.05, 0.1) is 6.04 Å². The first-order valence-corrected chi connectivity index (χ1v) is 5.65. The van der Waals surface area contributed by atoms with Gasteiger partial charge in [0.1, 0.15) is 0 Å². The zero-order valence-corrected chi connectivity index (χ0v) is 10.3. The third-order valence-corrected chi connectivity index (χ3v) is 2.51. The van der Waals surface area contributed by atoms with Gasteiger partial charge in [-0.3, -0.25) is 0 Å². The van der Waals surface area contributed by atoms with Crippen LogP contribution in [0.5, 0.6) is 0 Å². The SMILES string of the molecule is CCNC(C=C(C)C)c1ccccc1Cl. The number of hydrogen-bond acceptors (Lipinski definition) is 1. The third kappa shape index (κ3) is 3.69. The molecule has 1 nitrogen and oxygen atoms in total. The second-order valence-electron chi connectivity index (χ2n) is 3.80. The lowest BCUT2D eigenvalue weighted by molar-refractivity contribution is 0.645. The van der Waals surface area contributed by atoms with Crippen molar-refractivity contribution in [3.8, 4) is 0 Å². The van der Waals surface area contributed by atoms with Crippen LogP contribution in [0.15, 0.2) is 35.9 Å². The molecule has 82 valence electrons. The lowest BCUT2D eigenvalue weighted by Gasteiger charge is -2.16. The quantitative estimate of drug-likeness (QED) is 0.762. The first kappa shape index (κ1) is 12.3. The number of nitrogens with one attached hydrogen (secondary N) is 1. The summed E-state index contributed by atoms with van der Waals surface area (Å²) in [6.45, 7) is 7.23. The van der Waals surface area contributed by atoms with Gasteiger partial charge in [0.2, 0.25) is 0 Å². The number of rotatable bonds is 4. The number of benzene rings is 1. The third-order valence-electron chi connectivity index (χ3n) is 2.16. The minimum atomic E-state index is 0.216. The Kier molecular flexibility index (Phi) is 4.86. The standard InChI is InChI=1S/C13H18ClN/c1-4-15-13(9-10(2)3)11-7-5-6-8-12(11)14/h5-9,13,15H,4H2,1-3H3. The zero-order chi connectivity index (χ0) is 11.3. The molecular formula is C13H18ClN. The molecule has 1 aromatic rings. The molecule has 0 amide bonds. The van der Waals surface area contributed by atoms with E-state index in [1.54, 1.807) is 0 Å². The van der Waals surface area contributed by atoms with Gasteiger partial charge >= 0.3 is 0 Å². The molecule has 0 radical (unpaired) electrons. The smallest absolute Gasteiger partial charge is 0.0523 e. The molecule has 0 bridgehead atoms. The summed E-state index contributed by atoms with van der Waals surface area (Å²) in [5.41, 5.74) is 2.43. The van der Waals surface area contributed by atoms with E-state index in [-0.39, 0.29) is 6.04 Å². The van der Waals surface area contributed by atoms with E-state index in [1.807, 2.05) is 18.2 Å². The van der Waals surface area contributed by atoms with Gasteiger partial charge in [-0.05, 0) is 32.0 Å². The predicted octanol–water partition coefficient (Wildman–Crippen LogP) is 3.96. The molecule has 1 aromatic carbocycles. The van der Waals surface area contributed by atoms with Crippen LogP contribution in [0.25, 0.3) is 0 Å². The van der Waals surface area contributed by atoms with Gasteiger partial charge in [-0.2, -0.15) is 0 Å². The van der Waals surface area contributed by atoms with Crippen molar-refractivity contribution in [2.24, 2.45) is 0 Å². The van der Waals surface area contributed by atoms with Crippen LogP contribution in [0, 0.1) is 0 Å². The van der Waals surface area contributed by atoms with Crippen molar-refractivity contribution < 1.29 is 0 Å². The van der Waals surface area contributed by atoms with Crippen LogP contribution < -0.4 is 5.32 Å². The van der Waals surface area contributed by atoms with E-state index in [0.29, 0.717) is 0 Å². The van der Waals surface area contributed by atoms with Gasteiger partial charge in [0.15, 0.2) is 0 Å². The molecule has 0 aliphatic heterocycles. The highest BCUT2D eigenvalue weighted by molar-refractivity contribution is 6.31. The normalized spacial score (nSPS) is 12.3. The molecule has 0 saturated heterocycles. The van der Waals surface area contributed by atoms with Gasteiger partial charge in [0, 0.05) is 5.02 Å². The average molecular weight is 224 g/mol. The maximum Gasteiger partial charge on any atom is 0.0523 e. The Labute approximate surface area is 97.1 Å². The molecule has 15 heavy (non-hydrogen) atoms. The summed E-state index contributed by atoms with van der Waals surface area (Å²) in [5.74, 6) is 0. The minimum absolute atomic E-state index is 0.216. The summed E-state index contributed by atoms with van der Waals surface area (Å²) >= 11 is 6.17. The van der Waals surface area contributed by atoms with Crippen molar-refractivity contribution in [3.05, 3.63) is 46.5 Å². The first-order chi connectivity index (χ1) is 7.15. The van der Waals surface area contributed by atoms with Gasteiger partial charge < -0.3 is 5.32 Å². The number of halogens is 1. The van der Waals surface area contributed by atoms with E-state index in [9.17, 15) is 0 Å². The Bertz CT molecular complexity index is 340. The van der Waals surface area contributed by atoms with Crippen LogP contribution in [0.2, 0.25) is 5.02 Å². The molecule has 1 unspecified atom stereocenters. The van der Waals surface area contributed by atoms with Crippen molar-refractivity contribution in [3.63, 3.8) is 0 Å². The van der Waals surface area contributed by atoms with E-state index in [0.717, 1.165) is 17.1 Å². The fourth-order valence-electron chi connectivity index (χ4n) is 1.54. The largest absolute Gasteiger partial charge is 0.307 e. The van der Waals surface area contributed by atoms with Crippen LogP contribution in [-0.4, -0.2) is 6.54 Å². The maximum absolute atomic E-state index is 6.17. The monoisotopic (exact) mass is 223 g/mol. The lowest BCUT2D eigenvalue weighted by Crippen LogP contribution is -2.19. The van der Waals surface area contributed by atoms with Crippen molar-refractivity contribution >= 4 is 11.6 Å². The fraction of sp³-hybridized carbons (Fsp3) is 0.385. The number of likely N-dealkylation sites (N-methyl/N-ethyl adjacent to an activating group) is 1. The Morgan fingerprint density at radius 1 is 1.40 bits per heavy atom. The number of allylic oxidation sites excluding steroid dienone is 1. The predicted molar refractivity (Wildman–Crippen MR) is 67.3 cm³/mol.